The molecule has 0 aliphatic heterocycles. The first-order valence-electron chi connectivity index (χ1n) is 6.21. The van der Waals surface area contributed by atoms with Gasteiger partial charge in [0.2, 0.25) is 0 Å². The molecule has 1 aromatic carbocycles. The van der Waals surface area contributed by atoms with Gasteiger partial charge in [-0.25, -0.2) is 4.39 Å². The van der Waals surface area contributed by atoms with Gasteiger partial charge in [-0.2, -0.15) is 0 Å². The summed E-state index contributed by atoms with van der Waals surface area (Å²) in [7, 11) is 0. The Hall–Kier alpha value is -0.930. The van der Waals surface area contributed by atoms with Crippen LogP contribution in [0.2, 0.25) is 5.02 Å². The van der Waals surface area contributed by atoms with Gasteiger partial charge in [0, 0.05) is 12.8 Å². The van der Waals surface area contributed by atoms with Crippen molar-refractivity contribution in [2.45, 2.75) is 32.1 Å². The van der Waals surface area contributed by atoms with Crippen molar-refractivity contribution in [3.05, 3.63) is 34.6 Å². The maximum atomic E-state index is 13.7. The molecule has 98 valence electrons. The molecule has 18 heavy (non-hydrogen) atoms. The van der Waals surface area contributed by atoms with Crippen molar-refractivity contribution >= 4 is 17.4 Å². The van der Waals surface area contributed by atoms with E-state index in [0.717, 1.165) is 19.3 Å². The minimum absolute atomic E-state index is 0.0217. The molecule has 0 amide bonds. The minimum Gasteiger partial charge on any atom is -0.330 e. The zero-order valence-corrected chi connectivity index (χ0v) is 11.0. The Kier molecular flexibility index (Phi) is 4.03. The van der Waals surface area contributed by atoms with Gasteiger partial charge in [-0.15, -0.1) is 0 Å². The second-order valence-corrected chi connectivity index (χ2v) is 5.57. The largest absolute Gasteiger partial charge is 0.330 e. The summed E-state index contributed by atoms with van der Waals surface area (Å²) in [5.74, 6) is -0.441. The topological polar surface area (TPSA) is 43.1 Å². The smallest absolute Gasteiger partial charge is 0.145 e. The van der Waals surface area contributed by atoms with E-state index in [9.17, 15) is 9.18 Å². The molecule has 2 N–H and O–H groups in total. The van der Waals surface area contributed by atoms with Crippen LogP contribution in [0, 0.1) is 11.2 Å². The van der Waals surface area contributed by atoms with E-state index in [4.69, 9.17) is 17.3 Å². The molecule has 0 spiro atoms. The third-order valence-electron chi connectivity index (χ3n) is 3.84. The van der Waals surface area contributed by atoms with Crippen molar-refractivity contribution in [3.8, 4) is 0 Å². The zero-order valence-electron chi connectivity index (χ0n) is 10.2. The third-order valence-corrected chi connectivity index (χ3v) is 4.13. The summed E-state index contributed by atoms with van der Waals surface area (Å²) < 4.78 is 13.7. The Morgan fingerprint density at radius 3 is 2.72 bits per heavy atom. The summed E-state index contributed by atoms with van der Waals surface area (Å²) in [6.07, 6.45) is 3.71. The summed E-state index contributed by atoms with van der Waals surface area (Å²) in [5.41, 5.74) is 6.07. The molecule has 0 atom stereocenters. The zero-order chi connectivity index (χ0) is 13.2. The predicted molar refractivity (Wildman–Crippen MR) is 70.1 cm³/mol. The van der Waals surface area contributed by atoms with E-state index >= 15 is 0 Å². The van der Waals surface area contributed by atoms with Crippen LogP contribution in [0.1, 0.15) is 31.2 Å². The standard InChI is InChI=1S/C14H17ClFNO/c15-12-4-1-3-10(13(12)16)7-11(18)8-14(9-17)5-2-6-14/h1,3-4H,2,5-9,17H2. The number of Topliss-reactive ketones (excluding diaryl/α,β-unsaturated/α-hetero) is 1. The van der Waals surface area contributed by atoms with Crippen LogP contribution in [-0.2, 0) is 11.2 Å². The molecule has 1 saturated carbocycles. The molecule has 1 aliphatic rings. The number of hydrogen-bond donors (Lipinski definition) is 1. The Morgan fingerprint density at radius 1 is 1.44 bits per heavy atom. The number of carbonyl (C=O) groups excluding carboxylic acids is 1. The maximum absolute atomic E-state index is 13.7. The fraction of sp³-hybridized carbons (Fsp3) is 0.500. The SMILES string of the molecule is NCC1(CC(=O)Cc2cccc(Cl)c2F)CCC1. The lowest BCUT2D eigenvalue weighted by Crippen LogP contribution is -2.39. The van der Waals surface area contributed by atoms with Crippen molar-refractivity contribution < 1.29 is 9.18 Å². The second kappa shape index (κ2) is 5.37. The molecule has 0 radical (unpaired) electrons. The van der Waals surface area contributed by atoms with E-state index in [0.29, 0.717) is 18.5 Å². The highest BCUT2D eigenvalue weighted by atomic mass is 35.5. The van der Waals surface area contributed by atoms with E-state index in [-0.39, 0.29) is 22.6 Å². The van der Waals surface area contributed by atoms with Crippen LogP contribution in [0.25, 0.3) is 0 Å². The number of halogens is 2. The number of rotatable bonds is 5. The van der Waals surface area contributed by atoms with Crippen molar-refractivity contribution in [1.82, 2.24) is 0 Å². The third kappa shape index (κ3) is 2.73. The Balaban J connectivity index is 2.01. The first-order chi connectivity index (χ1) is 8.56. The Morgan fingerprint density at radius 2 is 2.17 bits per heavy atom. The average Bonchev–Trinajstić information content (AvgIpc) is 2.30. The normalized spacial score (nSPS) is 17.3. The van der Waals surface area contributed by atoms with Crippen LogP contribution in [0.15, 0.2) is 18.2 Å². The molecule has 1 aromatic rings. The van der Waals surface area contributed by atoms with Crippen LogP contribution in [-0.4, -0.2) is 12.3 Å². The van der Waals surface area contributed by atoms with Crippen LogP contribution in [0.5, 0.6) is 0 Å². The van der Waals surface area contributed by atoms with E-state index in [2.05, 4.69) is 0 Å². The summed E-state index contributed by atoms with van der Waals surface area (Å²) in [6.45, 7) is 0.538. The number of ketones is 1. The fourth-order valence-electron chi connectivity index (χ4n) is 2.51. The Bertz CT molecular complexity index is 452. The van der Waals surface area contributed by atoms with E-state index in [1.807, 2.05) is 0 Å². The van der Waals surface area contributed by atoms with Gasteiger partial charge in [-0.3, -0.25) is 4.79 Å². The summed E-state index contributed by atoms with van der Waals surface area (Å²) in [4.78, 5) is 12.0. The molecule has 2 rings (SSSR count). The first-order valence-corrected chi connectivity index (χ1v) is 6.59. The van der Waals surface area contributed by atoms with Crippen LogP contribution < -0.4 is 5.73 Å². The van der Waals surface area contributed by atoms with Crippen molar-refractivity contribution in [3.63, 3.8) is 0 Å². The van der Waals surface area contributed by atoms with Gasteiger partial charge >= 0.3 is 0 Å². The van der Waals surface area contributed by atoms with Gasteiger partial charge < -0.3 is 5.73 Å². The number of nitrogens with two attached hydrogens (primary N) is 1. The lowest BCUT2D eigenvalue weighted by atomic mass is 9.65. The summed E-state index contributed by atoms with van der Waals surface area (Å²) in [5, 5.41) is 0.0671. The molecule has 0 saturated heterocycles. The highest BCUT2D eigenvalue weighted by molar-refractivity contribution is 6.30. The van der Waals surface area contributed by atoms with Crippen molar-refractivity contribution in [1.29, 1.82) is 0 Å². The van der Waals surface area contributed by atoms with E-state index in [1.165, 1.54) is 6.07 Å². The Labute approximate surface area is 111 Å². The van der Waals surface area contributed by atoms with Crippen molar-refractivity contribution in [2.75, 3.05) is 6.54 Å². The molecule has 0 aromatic heterocycles. The second-order valence-electron chi connectivity index (χ2n) is 5.16. The van der Waals surface area contributed by atoms with E-state index < -0.39 is 5.82 Å². The average molecular weight is 270 g/mol. The highest BCUT2D eigenvalue weighted by Crippen LogP contribution is 2.43. The monoisotopic (exact) mass is 269 g/mol. The van der Waals surface area contributed by atoms with E-state index in [1.54, 1.807) is 12.1 Å². The number of hydrogen-bond acceptors (Lipinski definition) is 2. The molecule has 0 unspecified atom stereocenters. The quantitative estimate of drug-likeness (QED) is 0.893. The van der Waals surface area contributed by atoms with Crippen LogP contribution in [0.3, 0.4) is 0 Å². The fourth-order valence-corrected chi connectivity index (χ4v) is 2.70. The first kappa shape index (κ1) is 13.5. The summed E-state index contributed by atoms with van der Waals surface area (Å²) >= 11 is 5.69. The van der Waals surface area contributed by atoms with Crippen molar-refractivity contribution in [2.24, 2.45) is 11.1 Å². The van der Waals surface area contributed by atoms with Gasteiger partial charge in [0.15, 0.2) is 0 Å². The van der Waals surface area contributed by atoms with Gasteiger partial charge in [0.25, 0.3) is 0 Å². The molecule has 1 aliphatic carbocycles. The number of carbonyl (C=O) groups is 1. The molecular weight excluding hydrogens is 253 g/mol. The van der Waals surface area contributed by atoms with Gasteiger partial charge in [0.05, 0.1) is 5.02 Å². The molecule has 0 heterocycles. The number of benzene rings is 1. The molecule has 0 bridgehead atoms. The van der Waals surface area contributed by atoms with Gasteiger partial charge in [-0.05, 0) is 36.4 Å². The van der Waals surface area contributed by atoms with Crippen LogP contribution >= 0.6 is 11.6 Å². The lowest BCUT2D eigenvalue weighted by Gasteiger charge is -2.40. The minimum atomic E-state index is -0.483. The molecular formula is C14H17ClFNO. The lowest BCUT2D eigenvalue weighted by molar-refractivity contribution is -0.122. The van der Waals surface area contributed by atoms with Gasteiger partial charge in [0.1, 0.15) is 11.6 Å². The highest BCUT2D eigenvalue weighted by Gasteiger charge is 2.37. The van der Waals surface area contributed by atoms with Crippen LogP contribution in [0.4, 0.5) is 4.39 Å². The molecule has 1 fully saturated rings. The van der Waals surface area contributed by atoms with Gasteiger partial charge in [-0.1, -0.05) is 30.2 Å². The molecule has 4 heteroatoms. The predicted octanol–water partition coefficient (Wildman–Crippen LogP) is 3.11. The maximum Gasteiger partial charge on any atom is 0.145 e. The molecule has 2 nitrogen and oxygen atoms in total. The summed E-state index contributed by atoms with van der Waals surface area (Å²) in [6, 6.07) is 4.75.